The Bertz CT molecular complexity index is 592. The second-order valence-corrected chi connectivity index (χ2v) is 5.56. The van der Waals surface area contributed by atoms with E-state index in [2.05, 4.69) is 5.32 Å². The number of hydrogen-bond acceptors (Lipinski definition) is 4. The highest BCUT2D eigenvalue weighted by atomic mass is 19.1. The van der Waals surface area contributed by atoms with Gasteiger partial charge in [0.2, 0.25) is 5.91 Å². The molecule has 8 heteroatoms. The molecule has 132 valence electrons. The summed E-state index contributed by atoms with van der Waals surface area (Å²) in [6.07, 6.45) is 0.452. The fourth-order valence-electron chi connectivity index (χ4n) is 2.58. The summed E-state index contributed by atoms with van der Waals surface area (Å²) in [4.78, 5) is 25.7. The van der Waals surface area contributed by atoms with E-state index in [1.165, 1.54) is 11.0 Å². The molecule has 2 atom stereocenters. The molecule has 24 heavy (non-hydrogen) atoms. The van der Waals surface area contributed by atoms with Crippen LogP contribution in [0.15, 0.2) is 18.2 Å². The van der Waals surface area contributed by atoms with Gasteiger partial charge in [0.05, 0.1) is 12.6 Å². The maximum Gasteiger partial charge on any atom is 0.252 e. The molecule has 2 amide bonds. The summed E-state index contributed by atoms with van der Waals surface area (Å²) in [5, 5.41) is 2.17. The molecule has 0 aliphatic carbocycles. The zero-order valence-electron chi connectivity index (χ0n) is 13.4. The van der Waals surface area contributed by atoms with E-state index < -0.39 is 29.3 Å². The molecule has 1 aliphatic heterocycles. The van der Waals surface area contributed by atoms with Gasteiger partial charge in [-0.2, -0.15) is 0 Å². The minimum Gasteiger partial charge on any atom is -0.364 e. The molecule has 0 radical (unpaired) electrons. The largest absolute Gasteiger partial charge is 0.364 e. The van der Waals surface area contributed by atoms with E-state index in [9.17, 15) is 18.4 Å². The van der Waals surface area contributed by atoms with Crippen molar-refractivity contribution in [1.29, 1.82) is 0 Å². The highest BCUT2D eigenvalue weighted by Gasteiger charge is 2.33. The zero-order chi connectivity index (χ0) is 17.7. The van der Waals surface area contributed by atoms with E-state index >= 15 is 0 Å². The molecule has 0 unspecified atom stereocenters. The number of hydrogen-bond donors (Lipinski definition) is 2. The van der Waals surface area contributed by atoms with Gasteiger partial charge in [-0.05, 0) is 31.9 Å². The standard InChI is InChI=1S/C16H21F2N3O3/c1-2-21(16(23)13-7-6-10(8-19)24-13)9-14(22)20-15-11(17)4-3-5-12(15)18/h3-5,10,13H,2,6-9,19H2,1H3,(H,20,22)/t10-,13+/m1/s1. The van der Waals surface area contributed by atoms with Gasteiger partial charge in [0, 0.05) is 13.1 Å². The summed E-state index contributed by atoms with van der Waals surface area (Å²) in [5.41, 5.74) is 4.99. The maximum absolute atomic E-state index is 13.5. The molecule has 0 aromatic heterocycles. The molecule has 1 fully saturated rings. The number of ether oxygens (including phenoxy) is 1. The van der Waals surface area contributed by atoms with Crippen molar-refractivity contribution in [2.75, 3.05) is 25.0 Å². The number of nitrogens with zero attached hydrogens (tertiary/aromatic N) is 1. The molecule has 0 spiro atoms. The molecule has 0 saturated carbocycles. The van der Waals surface area contributed by atoms with Gasteiger partial charge < -0.3 is 20.7 Å². The number of amides is 2. The summed E-state index contributed by atoms with van der Waals surface area (Å²) in [7, 11) is 0. The van der Waals surface area contributed by atoms with Gasteiger partial charge in [0.1, 0.15) is 23.4 Å². The third-order valence-corrected chi connectivity index (χ3v) is 3.90. The van der Waals surface area contributed by atoms with E-state index in [4.69, 9.17) is 10.5 Å². The topological polar surface area (TPSA) is 84.7 Å². The molecule has 3 N–H and O–H groups in total. The average Bonchev–Trinajstić information content (AvgIpc) is 3.04. The fourth-order valence-corrected chi connectivity index (χ4v) is 2.58. The van der Waals surface area contributed by atoms with Crippen molar-refractivity contribution in [2.45, 2.75) is 32.0 Å². The Hall–Kier alpha value is -2.06. The van der Waals surface area contributed by atoms with Gasteiger partial charge in [-0.1, -0.05) is 6.07 Å². The fraction of sp³-hybridized carbons (Fsp3) is 0.500. The van der Waals surface area contributed by atoms with Gasteiger partial charge in [-0.3, -0.25) is 9.59 Å². The number of benzene rings is 1. The Balaban J connectivity index is 1.97. The molecule has 1 aliphatic rings. The zero-order valence-corrected chi connectivity index (χ0v) is 13.4. The highest BCUT2D eigenvalue weighted by molar-refractivity contribution is 5.95. The Morgan fingerprint density at radius 3 is 2.54 bits per heavy atom. The second kappa shape index (κ2) is 8.16. The third-order valence-electron chi connectivity index (χ3n) is 3.90. The summed E-state index contributed by atoms with van der Waals surface area (Å²) in [5.74, 6) is -2.74. The summed E-state index contributed by atoms with van der Waals surface area (Å²) in [6.45, 7) is 2.02. The Labute approximate surface area is 138 Å². The van der Waals surface area contributed by atoms with Crippen LogP contribution in [0.25, 0.3) is 0 Å². The molecular weight excluding hydrogens is 320 g/mol. The van der Waals surface area contributed by atoms with Crippen molar-refractivity contribution in [1.82, 2.24) is 4.90 Å². The lowest BCUT2D eigenvalue weighted by atomic mass is 10.2. The smallest absolute Gasteiger partial charge is 0.252 e. The highest BCUT2D eigenvalue weighted by Crippen LogP contribution is 2.21. The van der Waals surface area contributed by atoms with E-state index in [-0.39, 0.29) is 25.1 Å². The number of para-hydroxylation sites is 1. The van der Waals surface area contributed by atoms with Crippen molar-refractivity contribution >= 4 is 17.5 Å². The van der Waals surface area contributed by atoms with Crippen LogP contribution in [0.3, 0.4) is 0 Å². The van der Waals surface area contributed by atoms with Crippen LogP contribution in [0.1, 0.15) is 19.8 Å². The van der Waals surface area contributed by atoms with Gasteiger partial charge in [0.15, 0.2) is 0 Å². The minimum atomic E-state index is -0.873. The number of likely N-dealkylation sites (N-methyl/N-ethyl adjacent to an activating group) is 1. The van der Waals surface area contributed by atoms with Gasteiger partial charge in [0.25, 0.3) is 5.91 Å². The first-order valence-corrected chi connectivity index (χ1v) is 7.84. The Morgan fingerprint density at radius 1 is 1.33 bits per heavy atom. The number of rotatable bonds is 6. The van der Waals surface area contributed by atoms with Crippen LogP contribution in [0.5, 0.6) is 0 Å². The van der Waals surface area contributed by atoms with Crippen molar-refractivity contribution in [3.8, 4) is 0 Å². The number of halogens is 2. The predicted molar refractivity (Wildman–Crippen MR) is 84.2 cm³/mol. The number of carbonyl (C=O) groups is 2. The van der Waals surface area contributed by atoms with Gasteiger partial charge >= 0.3 is 0 Å². The maximum atomic E-state index is 13.5. The van der Waals surface area contributed by atoms with Crippen molar-refractivity contribution < 1.29 is 23.1 Å². The van der Waals surface area contributed by atoms with Crippen LogP contribution >= 0.6 is 0 Å². The first kappa shape index (κ1) is 18.3. The number of nitrogens with two attached hydrogens (primary N) is 1. The SMILES string of the molecule is CCN(CC(=O)Nc1c(F)cccc1F)C(=O)[C@@H]1CC[C@H](CN)O1. The minimum absolute atomic E-state index is 0.154. The second-order valence-electron chi connectivity index (χ2n) is 5.56. The van der Waals surface area contributed by atoms with Crippen molar-refractivity contribution in [3.63, 3.8) is 0 Å². The summed E-state index contributed by atoms with van der Waals surface area (Å²) < 4.78 is 32.6. The molecular formula is C16H21F2N3O3. The van der Waals surface area contributed by atoms with E-state index in [0.29, 0.717) is 19.4 Å². The van der Waals surface area contributed by atoms with E-state index in [1.54, 1.807) is 6.92 Å². The molecule has 1 aromatic rings. The van der Waals surface area contributed by atoms with Crippen LogP contribution in [0.4, 0.5) is 14.5 Å². The lowest BCUT2D eigenvalue weighted by molar-refractivity contribution is -0.144. The number of anilines is 1. The predicted octanol–water partition coefficient (Wildman–Crippen LogP) is 1.26. The van der Waals surface area contributed by atoms with Gasteiger partial charge in [-0.15, -0.1) is 0 Å². The third kappa shape index (κ3) is 4.27. The molecule has 2 rings (SSSR count). The van der Waals surface area contributed by atoms with Crippen molar-refractivity contribution in [3.05, 3.63) is 29.8 Å². The van der Waals surface area contributed by atoms with Crippen molar-refractivity contribution in [2.24, 2.45) is 5.73 Å². The number of nitrogens with one attached hydrogen (secondary N) is 1. The lowest BCUT2D eigenvalue weighted by Crippen LogP contribution is -2.43. The van der Waals surface area contributed by atoms with Crippen LogP contribution in [-0.4, -0.2) is 48.6 Å². The lowest BCUT2D eigenvalue weighted by Gasteiger charge is -2.23. The van der Waals surface area contributed by atoms with Crippen LogP contribution in [0, 0.1) is 11.6 Å². The Kier molecular flexibility index (Phi) is 6.22. The van der Waals surface area contributed by atoms with E-state index in [1.807, 2.05) is 0 Å². The molecule has 1 heterocycles. The molecule has 1 aromatic carbocycles. The van der Waals surface area contributed by atoms with E-state index in [0.717, 1.165) is 12.1 Å². The van der Waals surface area contributed by atoms with Gasteiger partial charge in [-0.25, -0.2) is 8.78 Å². The first-order valence-electron chi connectivity index (χ1n) is 7.84. The normalized spacial score (nSPS) is 20.0. The first-order chi connectivity index (χ1) is 11.5. The average molecular weight is 341 g/mol. The quantitative estimate of drug-likeness (QED) is 0.816. The summed E-state index contributed by atoms with van der Waals surface area (Å²) >= 11 is 0. The van der Waals surface area contributed by atoms with Crippen LogP contribution in [0.2, 0.25) is 0 Å². The molecule has 1 saturated heterocycles. The van der Waals surface area contributed by atoms with Crippen LogP contribution in [-0.2, 0) is 14.3 Å². The Morgan fingerprint density at radius 2 is 2.00 bits per heavy atom. The monoisotopic (exact) mass is 341 g/mol. The molecule has 6 nitrogen and oxygen atoms in total. The molecule has 0 bridgehead atoms. The van der Waals surface area contributed by atoms with Crippen LogP contribution < -0.4 is 11.1 Å². The number of carbonyl (C=O) groups excluding carboxylic acids is 2. The summed E-state index contributed by atoms with van der Waals surface area (Å²) in [6, 6.07) is 3.29.